The molecule has 23 heavy (non-hydrogen) atoms. The van der Waals surface area contributed by atoms with E-state index in [0.29, 0.717) is 37.8 Å². The van der Waals surface area contributed by atoms with Gasteiger partial charge in [0.05, 0.1) is 0 Å². The zero-order chi connectivity index (χ0) is 16.2. The number of nitrogens with zero attached hydrogens (tertiary/aromatic N) is 3. The first kappa shape index (κ1) is 15.8. The van der Waals surface area contributed by atoms with E-state index in [4.69, 9.17) is 4.52 Å². The molecule has 3 heterocycles. The fraction of sp³-hybridized carbons (Fsp3) is 0.733. The maximum absolute atomic E-state index is 12.4. The number of carbonyl (C=O) groups is 2. The number of likely N-dealkylation sites (tertiary alicyclic amines) is 1. The summed E-state index contributed by atoms with van der Waals surface area (Å²) in [6.07, 6.45) is 4.21. The highest BCUT2D eigenvalue weighted by Gasteiger charge is 2.29. The molecular weight excluding hydrogens is 298 g/mol. The molecule has 8 nitrogen and oxygen atoms in total. The Bertz CT molecular complexity index is 565. The minimum Gasteiger partial charge on any atom is -0.354 e. The Morgan fingerprint density at radius 3 is 2.78 bits per heavy atom. The van der Waals surface area contributed by atoms with Gasteiger partial charge in [-0.15, -0.1) is 0 Å². The summed E-state index contributed by atoms with van der Waals surface area (Å²) >= 11 is 0. The maximum atomic E-state index is 12.4. The Labute approximate surface area is 135 Å². The Hall–Kier alpha value is -2.12. The largest absolute Gasteiger partial charge is 0.354 e. The minimum atomic E-state index is -0.415. The second-order valence-electron chi connectivity index (χ2n) is 6.23. The van der Waals surface area contributed by atoms with Gasteiger partial charge in [-0.05, 0) is 39.0 Å². The number of hydrogen-bond acceptors (Lipinski definition) is 5. The number of hydrogen-bond donors (Lipinski definition) is 2. The van der Waals surface area contributed by atoms with Gasteiger partial charge in [0, 0.05) is 25.6 Å². The molecule has 2 aliphatic heterocycles. The molecule has 1 aromatic rings. The van der Waals surface area contributed by atoms with Crippen molar-refractivity contribution in [3.05, 3.63) is 11.7 Å². The molecule has 0 radical (unpaired) electrons. The highest BCUT2D eigenvalue weighted by atomic mass is 16.5. The Morgan fingerprint density at radius 1 is 1.30 bits per heavy atom. The average Bonchev–Trinajstić information content (AvgIpc) is 2.89. The summed E-state index contributed by atoms with van der Waals surface area (Å²) in [5, 5.41) is 9.51. The molecule has 0 aliphatic carbocycles. The summed E-state index contributed by atoms with van der Waals surface area (Å²) in [7, 11) is 0. The van der Waals surface area contributed by atoms with Crippen LogP contribution < -0.4 is 10.6 Å². The third-order valence-corrected chi connectivity index (χ3v) is 4.51. The van der Waals surface area contributed by atoms with E-state index in [1.807, 2.05) is 0 Å². The Morgan fingerprint density at radius 2 is 2.09 bits per heavy atom. The number of amides is 3. The molecule has 8 heteroatoms. The second-order valence-corrected chi connectivity index (χ2v) is 6.23. The van der Waals surface area contributed by atoms with E-state index in [9.17, 15) is 9.59 Å². The normalized spacial score (nSPS) is 23.3. The van der Waals surface area contributed by atoms with Crippen molar-refractivity contribution in [1.82, 2.24) is 25.7 Å². The third kappa shape index (κ3) is 3.80. The first-order valence-corrected chi connectivity index (χ1v) is 8.27. The van der Waals surface area contributed by atoms with Crippen molar-refractivity contribution in [2.75, 3.05) is 19.6 Å². The summed E-state index contributed by atoms with van der Waals surface area (Å²) < 4.78 is 5.22. The van der Waals surface area contributed by atoms with Crippen LogP contribution in [-0.2, 0) is 4.79 Å². The molecule has 3 rings (SSSR count). The number of aryl methyl sites for hydroxylation is 1. The lowest BCUT2D eigenvalue weighted by atomic mass is 9.97. The van der Waals surface area contributed by atoms with Crippen LogP contribution in [0.15, 0.2) is 4.52 Å². The molecule has 2 aliphatic rings. The fourth-order valence-corrected chi connectivity index (χ4v) is 3.13. The molecule has 2 fully saturated rings. The van der Waals surface area contributed by atoms with Gasteiger partial charge >= 0.3 is 6.03 Å². The van der Waals surface area contributed by atoms with E-state index in [1.54, 1.807) is 11.8 Å². The average molecular weight is 321 g/mol. The van der Waals surface area contributed by atoms with Crippen molar-refractivity contribution in [3.63, 3.8) is 0 Å². The van der Waals surface area contributed by atoms with Gasteiger partial charge < -0.3 is 20.1 Å². The van der Waals surface area contributed by atoms with Crippen LogP contribution in [0.25, 0.3) is 0 Å². The van der Waals surface area contributed by atoms with E-state index < -0.39 is 6.04 Å². The molecule has 2 N–H and O–H groups in total. The van der Waals surface area contributed by atoms with Gasteiger partial charge in [-0.1, -0.05) is 5.16 Å². The van der Waals surface area contributed by atoms with Crippen LogP contribution in [-0.4, -0.2) is 52.7 Å². The van der Waals surface area contributed by atoms with Crippen LogP contribution in [0.2, 0.25) is 0 Å². The minimum absolute atomic E-state index is 0.0768. The second kappa shape index (κ2) is 6.97. The van der Waals surface area contributed by atoms with Gasteiger partial charge in [-0.25, -0.2) is 4.79 Å². The molecular formula is C15H23N5O3. The molecule has 1 aromatic heterocycles. The van der Waals surface area contributed by atoms with Crippen molar-refractivity contribution < 1.29 is 14.1 Å². The van der Waals surface area contributed by atoms with Gasteiger partial charge in [0.2, 0.25) is 11.8 Å². The standard InChI is InChI=1S/C15H23N5O3/c1-10-17-14(23-19-10)11-5-8-20(9-6-11)15(22)18-12-4-2-3-7-16-13(12)21/h11-12H,2-9H2,1H3,(H,16,21)(H,18,22). The Balaban J connectivity index is 1.50. The summed E-state index contributed by atoms with van der Waals surface area (Å²) in [5.74, 6) is 1.43. The van der Waals surface area contributed by atoms with Gasteiger partial charge in [0.15, 0.2) is 5.82 Å². The van der Waals surface area contributed by atoms with Crippen molar-refractivity contribution in [1.29, 1.82) is 0 Å². The van der Waals surface area contributed by atoms with Crippen LogP contribution >= 0.6 is 0 Å². The molecule has 2 saturated heterocycles. The number of piperidine rings is 1. The van der Waals surface area contributed by atoms with Crippen LogP contribution in [0.1, 0.15) is 49.7 Å². The summed E-state index contributed by atoms with van der Waals surface area (Å²) in [5.41, 5.74) is 0. The molecule has 1 atom stereocenters. The smallest absolute Gasteiger partial charge is 0.318 e. The first-order chi connectivity index (χ1) is 11.1. The molecule has 1 unspecified atom stereocenters. The van der Waals surface area contributed by atoms with Gasteiger partial charge in [-0.3, -0.25) is 4.79 Å². The molecule has 3 amide bonds. The quantitative estimate of drug-likeness (QED) is 0.844. The predicted molar refractivity (Wildman–Crippen MR) is 81.8 cm³/mol. The molecule has 0 bridgehead atoms. The number of nitrogens with one attached hydrogen (secondary N) is 2. The number of rotatable bonds is 2. The fourth-order valence-electron chi connectivity index (χ4n) is 3.13. The molecule has 0 aromatic carbocycles. The lowest BCUT2D eigenvalue weighted by Crippen LogP contribution is -2.52. The van der Waals surface area contributed by atoms with E-state index in [0.717, 1.165) is 25.7 Å². The van der Waals surface area contributed by atoms with E-state index in [2.05, 4.69) is 20.8 Å². The van der Waals surface area contributed by atoms with Crippen LogP contribution in [0, 0.1) is 6.92 Å². The van der Waals surface area contributed by atoms with E-state index in [-0.39, 0.29) is 17.9 Å². The van der Waals surface area contributed by atoms with Crippen LogP contribution in [0.4, 0.5) is 4.79 Å². The van der Waals surface area contributed by atoms with Crippen LogP contribution in [0.5, 0.6) is 0 Å². The van der Waals surface area contributed by atoms with Crippen molar-refractivity contribution in [2.45, 2.75) is 51.0 Å². The zero-order valence-electron chi connectivity index (χ0n) is 13.4. The highest BCUT2D eigenvalue weighted by molar-refractivity contribution is 5.87. The van der Waals surface area contributed by atoms with Crippen molar-refractivity contribution in [3.8, 4) is 0 Å². The van der Waals surface area contributed by atoms with Crippen LogP contribution in [0.3, 0.4) is 0 Å². The van der Waals surface area contributed by atoms with Gasteiger partial charge in [0.25, 0.3) is 0 Å². The zero-order valence-corrected chi connectivity index (χ0v) is 13.4. The third-order valence-electron chi connectivity index (χ3n) is 4.51. The number of aromatic nitrogens is 2. The summed E-state index contributed by atoms with van der Waals surface area (Å²) in [6.45, 7) is 3.76. The van der Waals surface area contributed by atoms with Crippen molar-refractivity contribution >= 4 is 11.9 Å². The topological polar surface area (TPSA) is 100 Å². The summed E-state index contributed by atoms with van der Waals surface area (Å²) in [6, 6.07) is -0.575. The van der Waals surface area contributed by atoms with E-state index in [1.165, 1.54) is 0 Å². The maximum Gasteiger partial charge on any atom is 0.318 e. The predicted octanol–water partition coefficient (Wildman–Crippen LogP) is 0.936. The first-order valence-electron chi connectivity index (χ1n) is 8.27. The molecule has 126 valence electrons. The SMILES string of the molecule is Cc1noc(C2CCN(C(=O)NC3CCCCNC3=O)CC2)n1. The summed E-state index contributed by atoms with van der Waals surface area (Å²) in [4.78, 5) is 30.3. The molecule has 0 saturated carbocycles. The number of urea groups is 1. The number of carbonyl (C=O) groups excluding carboxylic acids is 2. The lowest BCUT2D eigenvalue weighted by Gasteiger charge is -2.31. The van der Waals surface area contributed by atoms with Gasteiger partial charge in [0.1, 0.15) is 6.04 Å². The van der Waals surface area contributed by atoms with Gasteiger partial charge in [-0.2, -0.15) is 4.98 Å². The highest BCUT2D eigenvalue weighted by Crippen LogP contribution is 2.26. The monoisotopic (exact) mass is 321 g/mol. The molecule has 0 spiro atoms. The lowest BCUT2D eigenvalue weighted by molar-refractivity contribution is -0.122. The Kier molecular flexibility index (Phi) is 4.78. The van der Waals surface area contributed by atoms with Crippen molar-refractivity contribution in [2.24, 2.45) is 0 Å². The van der Waals surface area contributed by atoms with E-state index >= 15 is 0 Å².